The van der Waals surface area contributed by atoms with E-state index in [1.54, 1.807) is 36.5 Å². The van der Waals surface area contributed by atoms with Crippen molar-refractivity contribution in [1.82, 2.24) is 5.16 Å². The molecule has 2 rings (SSSR count). The van der Waals surface area contributed by atoms with E-state index in [4.69, 9.17) is 5.11 Å². The molecule has 0 saturated heterocycles. The number of rotatable bonds is 0. The Bertz CT molecular complexity index is 261. The molecule has 0 aliphatic carbocycles. The fourth-order valence-electron chi connectivity index (χ4n) is 0.604. The summed E-state index contributed by atoms with van der Waals surface area (Å²) in [7, 11) is 0. The average Bonchev–Trinajstić information content (AvgIpc) is 2.62. The summed E-state index contributed by atoms with van der Waals surface area (Å²) in [6.07, 6.45) is 3.10. The molecule has 0 amide bonds. The van der Waals surface area contributed by atoms with Gasteiger partial charge < -0.3 is 9.63 Å². The minimum Gasteiger partial charge on any atom is -0.508 e. The minimum atomic E-state index is 0.322. The molecule has 0 unspecified atom stereocenters. The van der Waals surface area contributed by atoms with E-state index in [0.29, 0.717) is 5.75 Å². The van der Waals surface area contributed by atoms with Crippen LogP contribution in [-0.2, 0) is 0 Å². The summed E-state index contributed by atoms with van der Waals surface area (Å²) in [6.45, 7) is 0. The van der Waals surface area contributed by atoms with Crippen molar-refractivity contribution in [3.8, 4) is 5.75 Å². The first-order valence-corrected chi connectivity index (χ1v) is 3.48. The zero-order valence-electron chi connectivity index (χ0n) is 6.42. The lowest BCUT2D eigenvalue weighted by Gasteiger charge is -1.82. The maximum atomic E-state index is 8.63. The second kappa shape index (κ2) is 4.96. The van der Waals surface area contributed by atoms with Gasteiger partial charge in [-0.1, -0.05) is 23.4 Å². The van der Waals surface area contributed by atoms with Gasteiger partial charge in [0.25, 0.3) is 0 Å². The number of benzene rings is 1. The lowest BCUT2D eigenvalue weighted by atomic mass is 10.3. The van der Waals surface area contributed by atoms with Crippen LogP contribution in [0.1, 0.15) is 0 Å². The Morgan fingerprint density at radius 1 is 1.08 bits per heavy atom. The normalized spacial score (nSPS) is 8.33. The highest BCUT2D eigenvalue weighted by Gasteiger charge is 1.74. The summed E-state index contributed by atoms with van der Waals surface area (Å²) >= 11 is 0. The first-order valence-electron chi connectivity index (χ1n) is 3.48. The number of hydrogen-bond donors (Lipinski definition) is 1. The average molecular weight is 163 g/mol. The van der Waals surface area contributed by atoms with Crippen molar-refractivity contribution in [3.63, 3.8) is 0 Å². The van der Waals surface area contributed by atoms with Crippen LogP contribution in [0, 0.1) is 0 Å². The standard InChI is InChI=1S/C6H6O.C3H3NO/c7-6-4-2-1-3-5-6;1-2-4-5-3-1/h1-5,7H;1-3H. The Balaban J connectivity index is 0.000000127. The summed E-state index contributed by atoms with van der Waals surface area (Å²) in [6, 6.07) is 10.4. The highest BCUT2D eigenvalue weighted by atomic mass is 16.5. The molecule has 0 bridgehead atoms. The van der Waals surface area contributed by atoms with Crippen molar-refractivity contribution in [1.29, 1.82) is 0 Å². The second-order valence-corrected chi connectivity index (χ2v) is 2.02. The third-order valence-electron chi connectivity index (χ3n) is 1.10. The molecular weight excluding hydrogens is 154 g/mol. The van der Waals surface area contributed by atoms with Gasteiger partial charge >= 0.3 is 0 Å². The highest BCUT2D eigenvalue weighted by molar-refractivity contribution is 5.18. The number of aromatic nitrogens is 1. The van der Waals surface area contributed by atoms with Crippen molar-refractivity contribution in [3.05, 3.63) is 48.9 Å². The Hall–Kier alpha value is -1.77. The summed E-state index contributed by atoms with van der Waals surface area (Å²) in [5, 5.41) is 12.0. The third-order valence-corrected chi connectivity index (χ3v) is 1.10. The Morgan fingerprint density at radius 3 is 2.08 bits per heavy atom. The molecular formula is C9H9NO2. The summed E-state index contributed by atoms with van der Waals surface area (Å²) in [4.78, 5) is 0. The molecule has 1 aromatic heterocycles. The van der Waals surface area contributed by atoms with Gasteiger partial charge in [0.05, 0.1) is 6.20 Å². The molecule has 3 nitrogen and oxygen atoms in total. The summed E-state index contributed by atoms with van der Waals surface area (Å²) < 4.78 is 4.33. The molecule has 1 aromatic carbocycles. The van der Waals surface area contributed by atoms with Crippen molar-refractivity contribution >= 4 is 0 Å². The summed E-state index contributed by atoms with van der Waals surface area (Å²) in [5.74, 6) is 0.322. The van der Waals surface area contributed by atoms with Crippen molar-refractivity contribution < 1.29 is 9.63 Å². The van der Waals surface area contributed by atoms with Gasteiger partial charge in [0.1, 0.15) is 12.0 Å². The lowest BCUT2D eigenvalue weighted by molar-refractivity contribution is 0.420. The van der Waals surface area contributed by atoms with Crippen molar-refractivity contribution in [2.75, 3.05) is 0 Å². The van der Waals surface area contributed by atoms with E-state index in [9.17, 15) is 0 Å². The molecule has 0 fully saturated rings. The molecule has 1 N–H and O–H groups in total. The minimum absolute atomic E-state index is 0.322. The molecule has 0 aliphatic heterocycles. The van der Waals surface area contributed by atoms with E-state index < -0.39 is 0 Å². The quantitative estimate of drug-likeness (QED) is 0.646. The molecule has 2 aromatic rings. The van der Waals surface area contributed by atoms with Crippen molar-refractivity contribution in [2.24, 2.45) is 0 Å². The highest BCUT2D eigenvalue weighted by Crippen LogP contribution is 2.02. The van der Waals surface area contributed by atoms with Gasteiger partial charge in [-0.3, -0.25) is 0 Å². The third kappa shape index (κ3) is 3.41. The van der Waals surface area contributed by atoms with E-state index in [2.05, 4.69) is 9.68 Å². The molecule has 0 aliphatic rings. The molecule has 0 atom stereocenters. The van der Waals surface area contributed by atoms with Gasteiger partial charge in [0, 0.05) is 0 Å². The van der Waals surface area contributed by atoms with Crippen LogP contribution in [0.15, 0.2) is 53.4 Å². The number of phenols is 1. The van der Waals surface area contributed by atoms with E-state index >= 15 is 0 Å². The van der Waals surface area contributed by atoms with Crippen molar-refractivity contribution in [2.45, 2.75) is 0 Å². The van der Waals surface area contributed by atoms with Gasteiger partial charge in [-0.2, -0.15) is 0 Å². The Morgan fingerprint density at radius 2 is 1.83 bits per heavy atom. The van der Waals surface area contributed by atoms with Gasteiger partial charge in [-0.15, -0.1) is 0 Å². The zero-order chi connectivity index (χ0) is 8.65. The number of para-hydroxylation sites is 1. The van der Waals surface area contributed by atoms with E-state index in [0.717, 1.165) is 0 Å². The topological polar surface area (TPSA) is 46.3 Å². The number of phenolic OH excluding ortho intramolecular Hbond substituents is 1. The molecule has 62 valence electrons. The van der Waals surface area contributed by atoms with E-state index in [1.807, 2.05) is 6.07 Å². The smallest absolute Gasteiger partial charge is 0.123 e. The molecule has 0 spiro atoms. The van der Waals surface area contributed by atoms with Crippen LogP contribution in [0.2, 0.25) is 0 Å². The number of nitrogens with zero attached hydrogens (tertiary/aromatic N) is 1. The Kier molecular flexibility index (Phi) is 3.44. The second-order valence-electron chi connectivity index (χ2n) is 2.02. The lowest BCUT2D eigenvalue weighted by Crippen LogP contribution is -1.56. The van der Waals surface area contributed by atoms with E-state index in [1.165, 1.54) is 6.26 Å². The SMILES string of the molecule is Oc1ccccc1.c1cnoc1. The number of aromatic hydroxyl groups is 1. The zero-order valence-corrected chi connectivity index (χ0v) is 6.42. The fraction of sp³-hybridized carbons (Fsp3) is 0. The van der Waals surface area contributed by atoms with Crippen LogP contribution in [0.4, 0.5) is 0 Å². The molecule has 0 saturated carbocycles. The van der Waals surface area contributed by atoms with Crippen LogP contribution in [0.3, 0.4) is 0 Å². The maximum Gasteiger partial charge on any atom is 0.123 e. The predicted molar refractivity (Wildman–Crippen MR) is 44.6 cm³/mol. The largest absolute Gasteiger partial charge is 0.508 e. The van der Waals surface area contributed by atoms with Crippen LogP contribution >= 0.6 is 0 Å². The van der Waals surface area contributed by atoms with E-state index in [-0.39, 0.29) is 0 Å². The molecule has 0 radical (unpaired) electrons. The van der Waals surface area contributed by atoms with Gasteiger partial charge in [-0.25, -0.2) is 0 Å². The monoisotopic (exact) mass is 163 g/mol. The van der Waals surface area contributed by atoms with Crippen LogP contribution in [-0.4, -0.2) is 10.3 Å². The first kappa shape index (κ1) is 8.33. The van der Waals surface area contributed by atoms with Crippen LogP contribution in [0.5, 0.6) is 5.75 Å². The Labute approximate surface area is 70.3 Å². The van der Waals surface area contributed by atoms with Gasteiger partial charge in [-0.05, 0) is 18.2 Å². The summed E-state index contributed by atoms with van der Waals surface area (Å²) in [5.41, 5.74) is 0. The number of hydrogen-bond acceptors (Lipinski definition) is 3. The first-order chi connectivity index (χ1) is 5.89. The predicted octanol–water partition coefficient (Wildman–Crippen LogP) is 2.07. The molecule has 12 heavy (non-hydrogen) atoms. The van der Waals surface area contributed by atoms with Gasteiger partial charge in [0.15, 0.2) is 0 Å². The van der Waals surface area contributed by atoms with Crippen LogP contribution in [0.25, 0.3) is 0 Å². The fourth-order valence-corrected chi connectivity index (χ4v) is 0.604. The van der Waals surface area contributed by atoms with Gasteiger partial charge in [0.2, 0.25) is 0 Å². The molecule has 3 heteroatoms. The van der Waals surface area contributed by atoms with Crippen LogP contribution < -0.4 is 0 Å². The molecule has 1 heterocycles. The maximum absolute atomic E-state index is 8.63.